The Bertz CT molecular complexity index is 402. The standard InChI is InChI=1S/C16H29N5/c1-4-6-14-19-15(17-5-2)11-16(20-14)18-12-13-7-9-21(3)10-8-13/h11,13H,4-10,12H2,1-3H3,(H2,17,18,19,20). The number of rotatable bonds is 7. The predicted octanol–water partition coefficient (Wildman–Crippen LogP) is 2.61. The highest BCUT2D eigenvalue weighted by Gasteiger charge is 2.16. The Morgan fingerprint density at radius 3 is 2.43 bits per heavy atom. The quantitative estimate of drug-likeness (QED) is 0.809. The van der Waals surface area contributed by atoms with E-state index in [0.29, 0.717) is 0 Å². The van der Waals surface area contributed by atoms with E-state index in [9.17, 15) is 0 Å². The van der Waals surface area contributed by atoms with Crippen LogP contribution in [-0.4, -0.2) is 48.1 Å². The fourth-order valence-electron chi connectivity index (χ4n) is 2.71. The molecule has 0 bridgehead atoms. The molecule has 0 aliphatic carbocycles. The van der Waals surface area contributed by atoms with E-state index in [1.165, 1.54) is 25.9 Å². The zero-order valence-electron chi connectivity index (χ0n) is 13.7. The van der Waals surface area contributed by atoms with E-state index in [1.54, 1.807) is 0 Å². The maximum absolute atomic E-state index is 4.63. The molecule has 2 heterocycles. The van der Waals surface area contributed by atoms with Gasteiger partial charge in [-0.15, -0.1) is 0 Å². The largest absolute Gasteiger partial charge is 0.370 e. The highest BCUT2D eigenvalue weighted by Crippen LogP contribution is 2.18. The lowest BCUT2D eigenvalue weighted by Gasteiger charge is -2.29. The van der Waals surface area contributed by atoms with Crippen molar-refractivity contribution in [1.82, 2.24) is 14.9 Å². The number of aromatic nitrogens is 2. The van der Waals surface area contributed by atoms with Gasteiger partial charge in [0.1, 0.15) is 17.5 Å². The van der Waals surface area contributed by atoms with E-state index in [0.717, 1.165) is 49.3 Å². The summed E-state index contributed by atoms with van der Waals surface area (Å²) in [5.41, 5.74) is 0. The molecule has 2 rings (SSSR count). The van der Waals surface area contributed by atoms with Crippen LogP contribution in [0.4, 0.5) is 11.6 Å². The Balaban J connectivity index is 1.94. The molecule has 118 valence electrons. The molecule has 2 N–H and O–H groups in total. The summed E-state index contributed by atoms with van der Waals surface area (Å²) in [4.78, 5) is 11.6. The lowest BCUT2D eigenvalue weighted by atomic mass is 9.97. The van der Waals surface area contributed by atoms with Crippen LogP contribution in [0.3, 0.4) is 0 Å². The smallest absolute Gasteiger partial charge is 0.133 e. The Morgan fingerprint density at radius 1 is 1.14 bits per heavy atom. The van der Waals surface area contributed by atoms with Crippen LogP contribution < -0.4 is 10.6 Å². The van der Waals surface area contributed by atoms with Gasteiger partial charge in [0.05, 0.1) is 0 Å². The average molecular weight is 291 g/mol. The summed E-state index contributed by atoms with van der Waals surface area (Å²) in [5, 5.41) is 6.81. The van der Waals surface area contributed by atoms with E-state index in [-0.39, 0.29) is 0 Å². The van der Waals surface area contributed by atoms with Crippen LogP contribution in [0, 0.1) is 5.92 Å². The Labute approximate surface area is 128 Å². The van der Waals surface area contributed by atoms with Gasteiger partial charge in [0.2, 0.25) is 0 Å². The van der Waals surface area contributed by atoms with E-state index < -0.39 is 0 Å². The number of nitrogens with zero attached hydrogens (tertiary/aromatic N) is 3. The number of anilines is 2. The topological polar surface area (TPSA) is 53.1 Å². The van der Waals surface area contributed by atoms with Gasteiger partial charge in [0.25, 0.3) is 0 Å². The number of hydrogen-bond donors (Lipinski definition) is 2. The van der Waals surface area contributed by atoms with Crippen molar-refractivity contribution >= 4 is 11.6 Å². The summed E-state index contributed by atoms with van der Waals surface area (Å²) in [7, 11) is 2.20. The molecule has 1 aromatic rings. The Morgan fingerprint density at radius 2 is 1.81 bits per heavy atom. The van der Waals surface area contributed by atoms with Gasteiger partial charge in [-0.25, -0.2) is 9.97 Å². The molecule has 1 aromatic heterocycles. The number of likely N-dealkylation sites (tertiary alicyclic amines) is 1. The van der Waals surface area contributed by atoms with Gasteiger partial charge in [0.15, 0.2) is 0 Å². The molecule has 1 aliphatic rings. The number of hydrogen-bond acceptors (Lipinski definition) is 5. The third kappa shape index (κ3) is 5.16. The second-order valence-corrected chi connectivity index (χ2v) is 5.96. The molecule has 1 fully saturated rings. The molecule has 0 saturated carbocycles. The van der Waals surface area contributed by atoms with E-state index >= 15 is 0 Å². The molecule has 0 unspecified atom stereocenters. The normalized spacial score (nSPS) is 16.9. The van der Waals surface area contributed by atoms with Gasteiger partial charge in [-0.2, -0.15) is 0 Å². The molecule has 1 aliphatic heterocycles. The van der Waals surface area contributed by atoms with Crippen LogP contribution in [0.15, 0.2) is 6.07 Å². The maximum Gasteiger partial charge on any atom is 0.133 e. The SMILES string of the molecule is CCCc1nc(NCC)cc(NCC2CCN(C)CC2)n1. The molecule has 1 saturated heterocycles. The minimum absolute atomic E-state index is 0.758. The van der Waals surface area contributed by atoms with Crippen LogP contribution in [0.5, 0.6) is 0 Å². The van der Waals surface area contributed by atoms with Gasteiger partial charge < -0.3 is 15.5 Å². The molecule has 5 heteroatoms. The van der Waals surface area contributed by atoms with E-state index in [4.69, 9.17) is 0 Å². The van der Waals surface area contributed by atoms with Crippen LogP contribution in [0.1, 0.15) is 38.9 Å². The maximum atomic E-state index is 4.63. The van der Waals surface area contributed by atoms with E-state index in [2.05, 4.69) is 46.4 Å². The van der Waals surface area contributed by atoms with Crippen LogP contribution >= 0.6 is 0 Å². The van der Waals surface area contributed by atoms with Crippen molar-refractivity contribution in [3.05, 3.63) is 11.9 Å². The summed E-state index contributed by atoms with van der Waals surface area (Å²) in [5.74, 6) is 3.58. The molecule has 0 amide bonds. The average Bonchev–Trinajstić information content (AvgIpc) is 2.47. The first-order chi connectivity index (χ1) is 10.2. The van der Waals surface area contributed by atoms with Crippen LogP contribution in [-0.2, 0) is 6.42 Å². The second kappa shape index (κ2) is 8.17. The van der Waals surface area contributed by atoms with Gasteiger partial charge in [0, 0.05) is 25.6 Å². The van der Waals surface area contributed by atoms with Gasteiger partial charge >= 0.3 is 0 Å². The van der Waals surface area contributed by atoms with Crippen molar-refractivity contribution in [2.75, 3.05) is 43.9 Å². The molecular weight excluding hydrogens is 262 g/mol. The molecule has 21 heavy (non-hydrogen) atoms. The third-order valence-electron chi connectivity index (χ3n) is 4.01. The molecule has 0 aromatic carbocycles. The molecule has 5 nitrogen and oxygen atoms in total. The Hall–Kier alpha value is -1.36. The lowest BCUT2D eigenvalue weighted by molar-refractivity contribution is 0.226. The van der Waals surface area contributed by atoms with Crippen molar-refractivity contribution in [1.29, 1.82) is 0 Å². The summed E-state index contributed by atoms with van der Waals surface area (Å²) < 4.78 is 0. The van der Waals surface area contributed by atoms with Crippen molar-refractivity contribution < 1.29 is 0 Å². The molecule has 0 atom stereocenters. The minimum atomic E-state index is 0.758. The van der Waals surface area contributed by atoms with Crippen LogP contribution in [0.2, 0.25) is 0 Å². The number of nitrogens with one attached hydrogen (secondary N) is 2. The minimum Gasteiger partial charge on any atom is -0.370 e. The predicted molar refractivity (Wildman–Crippen MR) is 88.9 cm³/mol. The summed E-state index contributed by atoms with van der Waals surface area (Å²) in [6, 6.07) is 2.03. The fourth-order valence-corrected chi connectivity index (χ4v) is 2.71. The monoisotopic (exact) mass is 291 g/mol. The van der Waals surface area contributed by atoms with Crippen LogP contribution in [0.25, 0.3) is 0 Å². The first kappa shape index (κ1) is 16.0. The van der Waals surface area contributed by atoms with Crippen molar-refractivity contribution in [3.8, 4) is 0 Å². The Kier molecular flexibility index (Phi) is 6.23. The molecule has 0 spiro atoms. The zero-order chi connectivity index (χ0) is 15.1. The third-order valence-corrected chi connectivity index (χ3v) is 4.01. The first-order valence-corrected chi connectivity index (χ1v) is 8.25. The van der Waals surface area contributed by atoms with Gasteiger partial charge in [-0.1, -0.05) is 6.92 Å². The number of piperidine rings is 1. The molecule has 0 radical (unpaired) electrons. The van der Waals surface area contributed by atoms with Gasteiger partial charge in [-0.05, 0) is 52.2 Å². The summed E-state index contributed by atoms with van der Waals surface area (Å²) in [6.45, 7) is 8.57. The highest BCUT2D eigenvalue weighted by molar-refractivity contribution is 5.47. The fraction of sp³-hybridized carbons (Fsp3) is 0.750. The molecular formula is C16H29N5. The van der Waals surface area contributed by atoms with Gasteiger partial charge in [-0.3, -0.25) is 0 Å². The zero-order valence-corrected chi connectivity index (χ0v) is 13.7. The highest BCUT2D eigenvalue weighted by atomic mass is 15.1. The second-order valence-electron chi connectivity index (χ2n) is 5.96. The van der Waals surface area contributed by atoms with Crippen molar-refractivity contribution in [3.63, 3.8) is 0 Å². The lowest BCUT2D eigenvalue weighted by Crippen LogP contribution is -2.33. The van der Waals surface area contributed by atoms with E-state index in [1.807, 2.05) is 6.07 Å². The summed E-state index contributed by atoms with van der Waals surface area (Å²) >= 11 is 0. The summed E-state index contributed by atoms with van der Waals surface area (Å²) in [6.07, 6.45) is 4.55. The number of aryl methyl sites for hydroxylation is 1. The first-order valence-electron chi connectivity index (χ1n) is 8.25. The van der Waals surface area contributed by atoms with Crippen molar-refractivity contribution in [2.45, 2.75) is 39.5 Å². The van der Waals surface area contributed by atoms with Crippen molar-refractivity contribution in [2.24, 2.45) is 5.92 Å².